The van der Waals surface area contributed by atoms with Gasteiger partial charge in [0.15, 0.2) is 0 Å². The first-order valence-corrected chi connectivity index (χ1v) is 18.1. The predicted octanol–water partition coefficient (Wildman–Crippen LogP) is 7.25. The van der Waals surface area contributed by atoms with Gasteiger partial charge in [0.2, 0.25) is 21.8 Å². The third kappa shape index (κ3) is 9.50. The topological polar surface area (TPSA) is 96.0 Å². The number of rotatable bonds is 13. The van der Waals surface area contributed by atoms with Crippen molar-refractivity contribution in [2.75, 3.05) is 17.1 Å². The van der Waals surface area contributed by atoms with Crippen LogP contribution < -0.4 is 14.4 Å². The zero-order valence-corrected chi connectivity index (χ0v) is 28.3. The minimum atomic E-state index is -3.93. The van der Waals surface area contributed by atoms with Gasteiger partial charge in [0.1, 0.15) is 24.1 Å². The van der Waals surface area contributed by atoms with E-state index in [1.54, 1.807) is 42.5 Å². The monoisotopic (exact) mass is 693 g/mol. The van der Waals surface area contributed by atoms with E-state index in [4.69, 9.17) is 27.9 Å². The molecule has 1 atom stereocenters. The number of nitrogens with one attached hydrogen (secondary N) is 1. The Labute approximate surface area is 286 Å². The second kappa shape index (κ2) is 15.7. The van der Waals surface area contributed by atoms with Crippen LogP contribution >= 0.6 is 23.2 Å². The van der Waals surface area contributed by atoms with E-state index in [0.29, 0.717) is 27.1 Å². The molecule has 2 amide bonds. The Morgan fingerprint density at radius 3 is 2.11 bits per heavy atom. The van der Waals surface area contributed by atoms with Gasteiger partial charge in [0.25, 0.3) is 0 Å². The van der Waals surface area contributed by atoms with Crippen molar-refractivity contribution in [1.82, 2.24) is 10.2 Å². The van der Waals surface area contributed by atoms with Crippen LogP contribution in [0.1, 0.15) is 36.8 Å². The van der Waals surface area contributed by atoms with E-state index in [2.05, 4.69) is 5.32 Å². The largest absolute Gasteiger partial charge is 0.457 e. The van der Waals surface area contributed by atoms with Gasteiger partial charge in [0.05, 0.1) is 11.9 Å². The third-order valence-corrected chi connectivity index (χ3v) is 9.84. The maximum absolute atomic E-state index is 14.4. The minimum Gasteiger partial charge on any atom is -0.457 e. The molecule has 0 aromatic heterocycles. The Bertz CT molecular complexity index is 1770. The Hall–Kier alpha value is -4.05. The molecule has 47 heavy (non-hydrogen) atoms. The van der Waals surface area contributed by atoms with E-state index >= 15 is 0 Å². The lowest BCUT2D eigenvalue weighted by Gasteiger charge is -2.34. The molecule has 1 fully saturated rings. The van der Waals surface area contributed by atoms with Crippen LogP contribution in [0.5, 0.6) is 11.5 Å². The van der Waals surface area contributed by atoms with Gasteiger partial charge in [-0.25, -0.2) is 8.42 Å². The Morgan fingerprint density at radius 2 is 1.49 bits per heavy atom. The first kappa shape index (κ1) is 34.3. The maximum Gasteiger partial charge on any atom is 0.244 e. The zero-order valence-electron chi connectivity index (χ0n) is 26.0. The number of carbonyl (C=O) groups excluding carboxylic acids is 2. The van der Waals surface area contributed by atoms with Crippen LogP contribution in [0.2, 0.25) is 10.0 Å². The molecule has 4 aromatic carbocycles. The summed E-state index contributed by atoms with van der Waals surface area (Å²) >= 11 is 12.7. The smallest absolute Gasteiger partial charge is 0.244 e. The molecule has 11 heteroatoms. The summed E-state index contributed by atoms with van der Waals surface area (Å²) < 4.78 is 33.2. The molecular weight excluding hydrogens is 657 g/mol. The fraction of sp³-hybridized carbons (Fsp3) is 0.278. The predicted molar refractivity (Wildman–Crippen MR) is 186 cm³/mol. The molecule has 1 saturated carbocycles. The lowest BCUT2D eigenvalue weighted by Crippen LogP contribution is -2.54. The van der Waals surface area contributed by atoms with Crippen molar-refractivity contribution in [1.29, 1.82) is 0 Å². The van der Waals surface area contributed by atoms with Gasteiger partial charge in [-0.05, 0) is 72.5 Å². The van der Waals surface area contributed by atoms with Crippen LogP contribution in [0, 0.1) is 0 Å². The van der Waals surface area contributed by atoms with Gasteiger partial charge in [-0.1, -0.05) is 90.6 Å². The standard InChI is InChI=1S/C36H37Cl2N3O5S/c1-47(44,45)41(30-18-20-32(21-19-30)46-31-14-6-3-7-15-31)25-35(42)40(24-27-16-17-28(37)23-33(27)38)34(22-26-10-4-2-5-11-26)36(43)39-29-12-8-9-13-29/h2-7,10-11,14-21,23,29,34H,8-9,12-13,22,24-25H2,1H3,(H,39,43). The molecule has 1 unspecified atom stereocenters. The molecular formula is C36H37Cl2N3O5S. The van der Waals surface area contributed by atoms with Crippen LogP contribution in [0.3, 0.4) is 0 Å². The number of anilines is 1. The number of amides is 2. The van der Waals surface area contributed by atoms with E-state index in [0.717, 1.165) is 41.8 Å². The summed E-state index contributed by atoms with van der Waals surface area (Å²) in [7, 11) is -3.93. The lowest BCUT2D eigenvalue weighted by molar-refractivity contribution is -0.140. The number of hydrogen-bond donors (Lipinski definition) is 1. The molecule has 0 aliphatic heterocycles. The average Bonchev–Trinajstić information content (AvgIpc) is 3.56. The van der Waals surface area contributed by atoms with Crippen molar-refractivity contribution in [3.05, 3.63) is 124 Å². The second-order valence-electron chi connectivity index (χ2n) is 11.6. The Kier molecular flexibility index (Phi) is 11.4. The summed E-state index contributed by atoms with van der Waals surface area (Å²) in [4.78, 5) is 29.8. The maximum atomic E-state index is 14.4. The van der Waals surface area contributed by atoms with E-state index in [1.165, 1.54) is 4.90 Å². The Balaban J connectivity index is 1.48. The molecule has 8 nitrogen and oxygen atoms in total. The van der Waals surface area contributed by atoms with Crippen molar-refractivity contribution in [2.45, 2.75) is 50.7 Å². The molecule has 1 N–H and O–H groups in total. The second-order valence-corrected chi connectivity index (χ2v) is 14.4. The quantitative estimate of drug-likeness (QED) is 0.159. The normalized spacial score (nSPS) is 13.9. The highest BCUT2D eigenvalue weighted by Gasteiger charge is 2.34. The molecule has 0 saturated heterocycles. The van der Waals surface area contributed by atoms with E-state index in [9.17, 15) is 18.0 Å². The highest BCUT2D eigenvalue weighted by Crippen LogP contribution is 2.28. The number of para-hydroxylation sites is 1. The molecule has 0 radical (unpaired) electrons. The number of sulfonamides is 1. The summed E-state index contributed by atoms with van der Waals surface area (Å²) in [5.41, 5.74) is 1.71. The SMILES string of the molecule is CS(=O)(=O)N(CC(=O)N(Cc1ccc(Cl)cc1Cl)C(Cc1ccccc1)C(=O)NC1CCCC1)c1ccc(Oc2ccccc2)cc1. The van der Waals surface area contributed by atoms with Gasteiger partial charge in [0, 0.05) is 29.1 Å². The molecule has 0 bridgehead atoms. The van der Waals surface area contributed by atoms with E-state index in [-0.39, 0.29) is 30.6 Å². The van der Waals surface area contributed by atoms with Gasteiger partial charge in [-0.2, -0.15) is 0 Å². The summed E-state index contributed by atoms with van der Waals surface area (Å²) in [6.07, 6.45) is 5.05. The fourth-order valence-corrected chi connectivity index (χ4v) is 6.99. The number of halogens is 2. The summed E-state index contributed by atoms with van der Waals surface area (Å²) in [5, 5.41) is 3.92. The summed E-state index contributed by atoms with van der Waals surface area (Å²) in [6.45, 7) is -0.573. The molecule has 1 aliphatic rings. The van der Waals surface area contributed by atoms with Crippen molar-refractivity contribution >= 4 is 50.7 Å². The molecule has 4 aromatic rings. The molecule has 0 spiro atoms. The highest BCUT2D eigenvalue weighted by atomic mass is 35.5. The molecule has 1 aliphatic carbocycles. The first-order valence-electron chi connectivity index (χ1n) is 15.5. The van der Waals surface area contributed by atoms with Crippen LogP contribution in [0.4, 0.5) is 5.69 Å². The number of hydrogen-bond acceptors (Lipinski definition) is 5. The number of benzene rings is 4. The lowest BCUT2D eigenvalue weighted by atomic mass is 10.0. The third-order valence-electron chi connectivity index (χ3n) is 8.11. The van der Waals surface area contributed by atoms with Crippen molar-refractivity contribution in [2.24, 2.45) is 0 Å². The summed E-state index contributed by atoms with van der Waals surface area (Å²) in [5.74, 6) is 0.276. The molecule has 0 heterocycles. The van der Waals surface area contributed by atoms with Crippen LogP contribution in [0.15, 0.2) is 103 Å². The van der Waals surface area contributed by atoms with Crippen LogP contribution in [0.25, 0.3) is 0 Å². The van der Waals surface area contributed by atoms with Crippen LogP contribution in [-0.2, 0) is 32.6 Å². The number of ether oxygens (including phenoxy) is 1. The average molecular weight is 695 g/mol. The Morgan fingerprint density at radius 1 is 0.872 bits per heavy atom. The van der Waals surface area contributed by atoms with Crippen molar-refractivity contribution < 1.29 is 22.7 Å². The van der Waals surface area contributed by atoms with Crippen molar-refractivity contribution in [3.63, 3.8) is 0 Å². The van der Waals surface area contributed by atoms with E-state index < -0.39 is 28.5 Å². The van der Waals surface area contributed by atoms with Gasteiger partial charge in [-0.3, -0.25) is 13.9 Å². The minimum absolute atomic E-state index is 0.0148. The number of carbonyl (C=O) groups is 2. The van der Waals surface area contributed by atoms with Gasteiger partial charge >= 0.3 is 0 Å². The van der Waals surface area contributed by atoms with Crippen molar-refractivity contribution in [3.8, 4) is 11.5 Å². The molecule has 246 valence electrons. The summed E-state index contributed by atoms with van der Waals surface area (Å²) in [6, 6.07) is 29.1. The van der Waals surface area contributed by atoms with E-state index in [1.807, 2.05) is 60.7 Å². The number of nitrogens with zero attached hydrogens (tertiary/aromatic N) is 2. The van der Waals surface area contributed by atoms with Crippen LogP contribution in [-0.4, -0.2) is 50.0 Å². The zero-order chi connectivity index (χ0) is 33.4. The first-order chi connectivity index (χ1) is 22.6. The van der Waals surface area contributed by atoms with Gasteiger partial charge in [-0.15, -0.1) is 0 Å². The van der Waals surface area contributed by atoms with Gasteiger partial charge < -0.3 is 15.0 Å². The fourth-order valence-electron chi connectivity index (χ4n) is 5.67. The highest BCUT2D eigenvalue weighted by molar-refractivity contribution is 7.92. The molecule has 5 rings (SSSR count).